The van der Waals surface area contributed by atoms with Crippen molar-refractivity contribution in [2.24, 2.45) is 0 Å². The van der Waals surface area contributed by atoms with Crippen molar-refractivity contribution < 1.29 is 14.3 Å². The van der Waals surface area contributed by atoms with Crippen molar-refractivity contribution in [1.29, 1.82) is 0 Å². The molecular weight excluding hydrogens is 294 g/mol. The topological polar surface area (TPSA) is 79.5 Å². The third-order valence-corrected chi connectivity index (χ3v) is 3.00. The molecule has 3 N–H and O–H groups in total. The molecular formula is C14H20ClN3O3. The Morgan fingerprint density at radius 3 is 2.62 bits per heavy atom. The summed E-state index contributed by atoms with van der Waals surface area (Å²) in [4.78, 5) is 23.8. The van der Waals surface area contributed by atoms with Gasteiger partial charge in [-0.1, -0.05) is 0 Å². The van der Waals surface area contributed by atoms with Crippen LogP contribution in [0.5, 0.6) is 5.75 Å². The molecule has 2 rings (SSSR count). The minimum Gasteiger partial charge on any atom is -0.497 e. The maximum atomic E-state index is 12.2. The van der Waals surface area contributed by atoms with Crippen molar-refractivity contribution in [1.82, 2.24) is 10.6 Å². The minimum absolute atomic E-state index is 0. The Labute approximate surface area is 130 Å². The fourth-order valence-corrected chi connectivity index (χ4v) is 1.79. The number of nitrogens with one attached hydrogen (secondary N) is 3. The first-order chi connectivity index (χ1) is 9.63. The number of amides is 2. The van der Waals surface area contributed by atoms with Crippen molar-refractivity contribution in [3.05, 3.63) is 23.8 Å². The number of hydrogen-bond donors (Lipinski definition) is 3. The first-order valence-electron chi connectivity index (χ1n) is 6.57. The molecule has 2 amide bonds. The average molecular weight is 314 g/mol. The third-order valence-electron chi connectivity index (χ3n) is 3.00. The van der Waals surface area contributed by atoms with Crippen molar-refractivity contribution in [3.8, 4) is 5.75 Å². The second-order valence-corrected chi connectivity index (χ2v) is 4.74. The third kappa shape index (κ3) is 4.91. The monoisotopic (exact) mass is 313 g/mol. The van der Waals surface area contributed by atoms with Gasteiger partial charge in [0.15, 0.2) is 0 Å². The van der Waals surface area contributed by atoms with Gasteiger partial charge in [0.05, 0.1) is 24.9 Å². The second-order valence-electron chi connectivity index (χ2n) is 4.74. The van der Waals surface area contributed by atoms with Gasteiger partial charge in [-0.3, -0.25) is 9.59 Å². The molecule has 0 atom stereocenters. The first kappa shape index (κ1) is 17.3. The van der Waals surface area contributed by atoms with Gasteiger partial charge >= 0.3 is 0 Å². The number of ether oxygens (including phenoxy) is 1. The number of halogens is 1. The van der Waals surface area contributed by atoms with Crippen molar-refractivity contribution >= 4 is 29.9 Å². The van der Waals surface area contributed by atoms with E-state index in [0.29, 0.717) is 17.0 Å². The highest BCUT2D eigenvalue weighted by atomic mass is 35.5. The SMILES string of the molecule is CNCC(=O)Nc1ccc(OC)cc1C(=O)NC1CC1.Cl. The van der Waals surface area contributed by atoms with Crippen LogP contribution in [0.2, 0.25) is 0 Å². The fourth-order valence-electron chi connectivity index (χ4n) is 1.79. The van der Waals surface area contributed by atoms with Crippen molar-refractivity contribution in [2.75, 3.05) is 26.0 Å². The standard InChI is InChI=1S/C14H19N3O3.ClH/c1-15-8-13(18)17-12-6-5-10(20-2)7-11(12)14(19)16-9-3-4-9;/h5-7,9,15H,3-4,8H2,1-2H3,(H,16,19)(H,17,18);1H. The number of rotatable bonds is 6. The quantitative estimate of drug-likeness (QED) is 0.736. The highest BCUT2D eigenvalue weighted by Gasteiger charge is 2.25. The molecule has 7 heteroatoms. The second kappa shape index (κ2) is 7.85. The Hall–Kier alpha value is -1.79. The first-order valence-corrected chi connectivity index (χ1v) is 6.57. The zero-order valence-corrected chi connectivity index (χ0v) is 12.9. The molecule has 1 fully saturated rings. The van der Waals surface area contributed by atoms with Crippen LogP contribution in [0.3, 0.4) is 0 Å². The van der Waals surface area contributed by atoms with Gasteiger partial charge in [-0.25, -0.2) is 0 Å². The molecule has 1 aromatic rings. The van der Waals surface area contributed by atoms with Gasteiger partial charge in [0.2, 0.25) is 5.91 Å². The Kier molecular flexibility index (Phi) is 6.45. The zero-order valence-electron chi connectivity index (χ0n) is 12.1. The number of likely N-dealkylation sites (N-methyl/N-ethyl adjacent to an activating group) is 1. The summed E-state index contributed by atoms with van der Waals surface area (Å²) in [5.41, 5.74) is 0.907. The average Bonchev–Trinajstić information content (AvgIpc) is 3.23. The molecule has 0 spiro atoms. The zero-order chi connectivity index (χ0) is 14.5. The van der Waals surface area contributed by atoms with Gasteiger partial charge < -0.3 is 20.7 Å². The van der Waals surface area contributed by atoms with E-state index >= 15 is 0 Å². The summed E-state index contributed by atoms with van der Waals surface area (Å²) in [5.74, 6) is 0.196. The van der Waals surface area contributed by atoms with Crippen LogP contribution in [0, 0.1) is 0 Å². The number of carbonyl (C=O) groups excluding carboxylic acids is 2. The maximum absolute atomic E-state index is 12.2. The molecule has 1 saturated carbocycles. The van der Waals surface area contributed by atoms with Crippen LogP contribution in [-0.4, -0.2) is 38.6 Å². The molecule has 1 aromatic carbocycles. The van der Waals surface area contributed by atoms with Crippen LogP contribution in [0.25, 0.3) is 0 Å². The molecule has 0 aliphatic heterocycles. The van der Waals surface area contributed by atoms with Gasteiger partial charge in [-0.05, 0) is 38.1 Å². The van der Waals surface area contributed by atoms with Gasteiger partial charge in [-0.2, -0.15) is 0 Å². The van der Waals surface area contributed by atoms with Gasteiger partial charge in [0.1, 0.15) is 5.75 Å². The predicted octanol–water partition coefficient (Wildman–Crippen LogP) is 1.17. The summed E-state index contributed by atoms with van der Waals surface area (Å²) >= 11 is 0. The Balaban J connectivity index is 0.00000220. The highest BCUT2D eigenvalue weighted by molar-refractivity contribution is 6.04. The van der Waals surface area contributed by atoms with E-state index in [1.54, 1.807) is 25.2 Å². The van der Waals surface area contributed by atoms with Crippen LogP contribution in [-0.2, 0) is 4.79 Å². The van der Waals surface area contributed by atoms with Crippen LogP contribution in [0.4, 0.5) is 5.69 Å². The van der Waals surface area contributed by atoms with E-state index in [-0.39, 0.29) is 36.8 Å². The maximum Gasteiger partial charge on any atom is 0.253 e. The van der Waals surface area contributed by atoms with E-state index in [1.807, 2.05) is 0 Å². The molecule has 0 radical (unpaired) electrons. The Morgan fingerprint density at radius 1 is 1.33 bits per heavy atom. The summed E-state index contributed by atoms with van der Waals surface area (Å²) in [6.45, 7) is 0.190. The van der Waals surface area contributed by atoms with Gasteiger partial charge in [-0.15, -0.1) is 12.4 Å². The van der Waals surface area contributed by atoms with Crippen LogP contribution in [0.1, 0.15) is 23.2 Å². The molecule has 21 heavy (non-hydrogen) atoms. The summed E-state index contributed by atoms with van der Waals surface area (Å²) < 4.78 is 5.13. The number of benzene rings is 1. The van der Waals surface area contributed by atoms with Crippen LogP contribution in [0.15, 0.2) is 18.2 Å². The summed E-state index contributed by atoms with van der Waals surface area (Å²) in [6, 6.07) is 5.28. The number of methoxy groups -OCH3 is 1. The highest BCUT2D eigenvalue weighted by Crippen LogP contribution is 2.24. The fraction of sp³-hybridized carbons (Fsp3) is 0.429. The smallest absolute Gasteiger partial charge is 0.253 e. The van der Waals surface area contributed by atoms with E-state index in [4.69, 9.17) is 4.74 Å². The molecule has 1 aliphatic rings. The molecule has 0 bridgehead atoms. The van der Waals surface area contributed by atoms with E-state index in [1.165, 1.54) is 7.11 Å². The van der Waals surface area contributed by atoms with Gasteiger partial charge in [0, 0.05) is 6.04 Å². The molecule has 6 nitrogen and oxygen atoms in total. The van der Waals surface area contributed by atoms with E-state index in [2.05, 4.69) is 16.0 Å². The summed E-state index contributed by atoms with van der Waals surface area (Å²) in [5, 5.41) is 8.39. The van der Waals surface area contributed by atoms with Crippen molar-refractivity contribution in [2.45, 2.75) is 18.9 Å². The normalized spacial score (nSPS) is 13.0. The molecule has 0 unspecified atom stereocenters. The summed E-state index contributed by atoms with van der Waals surface area (Å²) in [6.07, 6.45) is 2.02. The molecule has 1 aliphatic carbocycles. The number of anilines is 1. The van der Waals surface area contributed by atoms with Crippen LogP contribution >= 0.6 is 12.4 Å². The minimum atomic E-state index is -0.196. The molecule has 0 heterocycles. The van der Waals surface area contributed by atoms with Crippen molar-refractivity contribution in [3.63, 3.8) is 0 Å². The molecule has 116 valence electrons. The van der Waals surface area contributed by atoms with E-state index in [0.717, 1.165) is 12.8 Å². The van der Waals surface area contributed by atoms with Crippen LogP contribution < -0.4 is 20.7 Å². The lowest BCUT2D eigenvalue weighted by molar-refractivity contribution is -0.115. The molecule has 0 saturated heterocycles. The lowest BCUT2D eigenvalue weighted by Crippen LogP contribution is -2.29. The van der Waals surface area contributed by atoms with E-state index < -0.39 is 0 Å². The van der Waals surface area contributed by atoms with Gasteiger partial charge in [0.25, 0.3) is 5.91 Å². The number of hydrogen-bond acceptors (Lipinski definition) is 4. The lowest BCUT2D eigenvalue weighted by atomic mass is 10.1. The molecule has 0 aromatic heterocycles. The largest absolute Gasteiger partial charge is 0.497 e. The Morgan fingerprint density at radius 2 is 2.05 bits per heavy atom. The Bertz CT molecular complexity index is 518. The van der Waals surface area contributed by atoms with E-state index in [9.17, 15) is 9.59 Å². The predicted molar refractivity (Wildman–Crippen MR) is 83.3 cm³/mol. The number of carbonyl (C=O) groups is 2. The summed E-state index contributed by atoms with van der Waals surface area (Å²) in [7, 11) is 3.23. The lowest BCUT2D eigenvalue weighted by Gasteiger charge is -2.12.